The number of carbonyl (C=O) groups is 1. The quantitative estimate of drug-likeness (QED) is 0.738. The van der Waals surface area contributed by atoms with Crippen LogP contribution < -0.4 is 5.32 Å². The molecule has 1 N–H and O–H groups in total. The molecule has 1 aliphatic heterocycles. The van der Waals surface area contributed by atoms with Gasteiger partial charge in [-0.15, -0.1) is 12.4 Å². The summed E-state index contributed by atoms with van der Waals surface area (Å²) < 4.78 is 5.42. The minimum atomic E-state index is -0.339. The average molecular weight is 262 g/mol. The van der Waals surface area contributed by atoms with Gasteiger partial charge in [0.15, 0.2) is 0 Å². The first kappa shape index (κ1) is 14.8. The zero-order chi connectivity index (χ0) is 11.8. The Kier molecular flexibility index (Phi) is 4.48. The Morgan fingerprint density at radius 3 is 2.24 bits per heavy atom. The molecule has 1 saturated carbocycles. The zero-order valence-corrected chi connectivity index (χ0v) is 11.9. The number of piperidine rings is 1. The van der Waals surface area contributed by atoms with Crippen molar-refractivity contribution in [3.63, 3.8) is 0 Å². The van der Waals surface area contributed by atoms with E-state index in [1.165, 1.54) is 12.8 Å². The molecule has 2 rings (SSSR count). The lowest BCUT2D eigenvalue weighted by Gasteiger charge is -2.49. The number of carbonyl (C=O) groups excluding carboxylic acids is 1. The van der Waals surface area contributed by atoms with Crippen molar-refractivity contribution in [2.45, 2.75) is 52.1 Å². The smallest absolute Gasteiger partial charge is 0.309 e. The Bertz CT molecular complexity index is 272. The third-order valence-corrected chi connectivity index (χ3v) is 3.76. The minimum Gasteiger partial charge on any atom is -0.460 e. The molecule has 0 radical (unpaired) electrons. The van der Waals surface area contributed by atoms with Gasteiger partial charge in [0.2, 0.25) is 0 Å². The fraction of sp³-hybridized carbons (Fsp3) is 0.923. The van der Waals surface area contributed by atoms with Gasteiger partial charge in [0.25, 0.3) is 0 Å². The van der Waals surface area contributed by atoms with Crippen molar-refractivity contribution in [3.05, 3.63) is 0 Å². The van der Waals surface area contributed by atoms with E-state index in [2.05, 4.69) is 5.32 Å². The number of rotatable bonds is 1. The molecule has 0 aromatic rings. The molecule has 0 bridgehead atoms. The van der Waals surface area contributed by atoms with Gasteiger partial charge >= 0.3 is 5.97 Å². The number of ether oxygens (including phenoxy) is 1. The lowest BCUT2D eigenvalue weighted by atomic mass is 9.58. The molecule has 4 heteroatoms. The maximum absolute atomic E-state index is 11.8. The number of esters is 1. The molecule has 0 atom stereocenters. The van der Waals surface area contributed by atoms with Gasteiger partial charge in [-0.2, -0.15) is 0 Å². The van der Waals surface area contributed by atoms with E-state index in [0.717, 1.165) is 25.9 Å². The average Bonchev–Trinajstić information content (AvgIpc) is 2.12. The first-order chi connectivity index (χ1) is 7.40. The third-order valence-electron chi connectivity index (χ3n) is 3.76. The van der Waals surface area contributed by atoms with Crippen LogP contribution in [0.5, 0.6) is 0 Å². The largest absolute Gasteiger partial charge is 0.460 e. The fourth-order valence-corrected chi connectivity index (χ4v) is 2.90. The summed E-state index contributed by atoms with van der Waals surface area (Å²) in [6.45, 7) is 8.03. The van der Waals surface area contributed by atoms with Gasteiger partial charge in [0.05, 0.1) is 5.92 Å². The highest BCUT2D eigenvalue weighted by Gasteiger charge is 2.48. The Balaban J connectivity index is 0.00000144. The van der Waals surface area contributed by atoms with Crippen molar-refractivity contribution in [3.8, 4) is 0 Å². The molecule has 1 aliphatic carbocycles. The second kappa shape index (κ2) is 5.15. The van der Waals surface area contributed by atoms with Crippen LogP contribution in [0.1, 0.15) is 46.5 Å². The van der Waals surface area contributed by atoms with Crippen LogP contribution in [-0.2, 0) is 9.53 Å². The van der Waals surface area contributed by atoms with Crippen LogP contribution in [-0.4, -0.2) is 24.7 Å². The van der Waals surface area contributed by atoms with Gasteiger partial charge in [-0.05, 0) is 65.0 Å². The van der Waals surface area contributed by atoms with Gasteiger partial charge in [-0.1, -0.05) is 0 Å². The fourth-order valence-electron chi connectivity index (χ4n) is 2.90. The van der Waals surface area contributed by atoms with Crippen LogP contribution in [0.3, 0.4) is 0 Å². The number of halogens is 1. The van der Waals surface area contributed by atoms with Gasteiger partial charge < -0.3 is 10.1 Å². The predicted molar refractivity (Wildman–Crippen MR) is 70.4 cm³/mol. The van der Waals surface area contributed by atoms with Crippen molar-refractivity contribution in [2.24, 2.45) is 11.3 Å². The van der Waals surface area contributed by atoms with Crippen LogP contribution >= 0.6 is 12.4 Å². The highest BCUT2D eigenvalue weighted by Crippen LogP contribution is 2.52. The SMILES string of the molecule is CC(C)(C)OC(=O)C1CC2(CCNCC2)C1.Cl. The van der Waals surface area contributed by atoms with Gasteiger partial charge in [0, 0.05) is 0 Å². The summed E-state index contributed by atoms with van der Waals surface area (Å²) in [6.07, 6.45) is 4.55. The summed E-state index contributed by atoms with van der Waals surface area (Å²) in [5.41, 5.74) is 0.126. The highest BCUT2D eigenvalue weighted by atomic mass is 35.5. The van der Waals surface area contributed by atoms with Crippen LogP contribution in [0.25, 0.3) is 0 Å². The summed E-state index contributed by atoms with van der Waals surface area (Å²) in [6, 6.07) is 0. The molecule has 0 amide bonds. The highest BCUT2D eigenvalue weighted by molar-refractivity contribution is 5.85. The standard InChI is InChI=1S/C13H23NO2.ClH/c1-12(2,3)16-11(15)10-8-13(9-10)4-6-14-7-5-13;/h10,14H,4-9H2,1-3H3;1H. The van der Waals surface area contributed by atoms with Crippen molar-refractivity contribution in [1.29, 1.82) is 0 Å². The lowest BCUT2D eigenvalue weighted by Crippen LogP contribution is -2.48. The molecule has 1 spiro atoms. The van der Waals surface area contributed by atoms with Crippen molar-refractivity contribution >= 4 is 18.4 Å². The molecule has 1 heterocycles. The third kappa shape index (κ3) is 3.59. The summed E-state index contributed by atoms with van der Waals surface area (Å²) in [7, 11) is 0. The Hall–Kier alpha value is -0.280. The van der Waals surface area contributed by atoms with Crippen LogP contribution in [0.4, 0.5) is 0 Å². The monoisotopic (exact) mass is 261 g/mol. The van der Waals surface area contributed by atoms with Gasteiger partial charge in [-0.3, -0.25) is 4.79 Å². The number of nitrogens with one attached hydrogen (secondary N) is 1. The number of hydrogen-bond donors (Lipinski definition) is 1. The first-order valence-electron chi connectivity index (χ1n) is 6.34. The topological polar surface area (TPSA) is 38.3 Å². The van der Waals surface area contributed by atoms with Crippen molar-refractivity contribution in [1.82, 2.24) is 5.32 Å². The van der Waals surface area contributed by atoms with Crippen LogP contribution in [0.15, 0.2) is 0 Å². The second-order valence-corrected chi connectivity index (χ2v) is 6.39. The van der Waals surface area contributed by atoms with E-state index in [1.54, 1.807) is 0 Å². The Morgan fingerprint density at radius 1 is 1.24 bits per heavy atom. The van der Waals surface area contributed by atoms with Crippen molar-refractivity contribution < 1.29 is 9.53 Å². The maximum Gasteiger partial charge on any atom is 0.309 e. The van der Waals surface area contributed by atoms with Crippen molar-refractivity contribution in [2.75, 3.05) is 13.1 Å². The molecule has 0 aromatic heterocycles. The number of hydrogen-bond acceptors (Lipinski definition) is 3. The van der Waals surface area contributed by atoms with E-state index < -0.39 is 0 Å². The summed E-state index contributed by atoms with van der Waals surface area (Å²) in [5.74, 6) is 0.175. The molecule has 0 unspecified atom stereocenters. The normalized spacial score (nSPS) is 23.7. The lowest BCUT2D eigenvalue weighted by molar-refractivity contribution is -0.169. The van der Waals surface area contributed by atoms with Gasteiger partial charge in [0.1, 0.15) is 5.60 Å². The Labute approximate surface area is 110 Å². The van der Waals surface area contributed by atoms with E-state index in [1.807, 2.05) is 20.8 Å². The van der Waals surface area contributed by atoms with E-state index in [9.17, 15) is 4.79 Å². The van der Waals surface area contributed by atoms with Crippen LogP contribution in [0.2, 0.25) is 0 Å². The molecule has 100 valence electrons. The van der Waals surface area contributed by atoms with E-state index in [-0.39, 0.29) is 29.9 Å². The molecule has 2 fully saturated rings. The second-order valence-electron chi connectivity index (χ2n) is 6.39. The molecule has 0 aromatic carbocycles. The molecular formula is C13H24ClNO2. The van der Waals surface area contributed by atoms with E-state index >= 15 is 0 Å². The Morgan fingerprint density at radius 2 is 1.76 bits per heavy atom. The summed E-state index contributed by atoms with van der Waals surface area (Å²) >= 11 is 0. The van der Waals surface area contributed by atoms with Gasteiger partial charge in [-0.25, -0.2) is 0 Å². The minimum absolute atomic E-state index is 0. The van der Waals surface area contributed by atoms with E-state index in [4.69, 9.17) is 4.74 Å². The first-order valence-corrected chi connectivity index (χ1v) is 6.34. The predicted octanol–water partition coefficient (Wildman–Crippen LogP) is 2.53. The molecule has 1 saturated heterocycles. The van der Waals surface area contributed by atoms with E-state index in [0.29, 0.717) is 5.41 Å². The zero-order valence-electron chi connectivity index (χ0n) is 11.0. The molecular weight excluding hydrogens is 238 g/mol. The molecule has 2 aliphatic rings. The molecule has 17 heavy (non-hydrogen) atoms. The maximum atomic E-state index is 11.8. The van der Waals surface area contributed by atoms with Crippen LogP contribution in [0, 0.1) is 11.3 Å². The summed E-state index contributed by atoms with van der Waals surface area (Å²) in [4.78, 5) is 11.8. The summed E-state index contributed by atoms with van der Waals surface area (Å²) in [5, 5.41) is 3.37. The molecule has 3 nitrogen and oxygen atoms in total.